The van der Waals surface area contributed by atoms with Gasteiger partial charge >= 0.3 is 0 Å². The molecule has 0 atom stereocenters. The van der Waals surface area contributed by atoms with Gasteiger partial charge in [0.15, 0.2) is 0 Å². The smallest absolute Gasteiger partial charge is 0.130 e. The summed E-state index contributed by atoms with van der Waals surface area (Å²) in [6.45, 7) is 4.87. The lowest BCUT2D eigenvalue weighted by atomic mass is 9.95. The second-order valence-electron chi connectivity index (χ2n) is 9.23. The number of hydrogen-bond acceptors (Lipinski definition) is 6. The zero-order valence-corrected chi connectivity index (χ0v) is 19.6. The number of anilines is 1. The van der Waals surface area contributed by atoms with Crippen molar-refractivity contribution >= 4 is 22.8 Å². The van der Waals surface area contributed by atoms with Crippen molar-refractivity contribution in [3.63, 3.8) is 0 Å². The Morgan fingerprint density at radius 2 is 1.74 bits per heavy atom. The first-order valence-corrected chi connectivity index (χ1v) is 11.8. The Bertz CT molecular complexity index is 1340. The van der Waals surface area contributed by atoms with Gasteiger partial charge in [-0.25, -0.2) is 4.99 Å². The minimum atomic E-state index is 0.196. The van der Waals surface area contributed by atoms with Gasteiger partial charge in [-0.1, -0.05) is 24.3 Å². The average molecular weight is 453 g/mol. The molecule has 0 bridgehead atoms. The van der Waals surface area contributed by atoms with E-state index < -0.39 is 0 Å². The molecule has 1 N–H and O–H groups in total. The number of methoxy groups -OCH3 is 1. The summed E-state index contributed by atoms with van der Waals surface area (Å²) in [5.41, 5.74) is 10.1. The molecule has 0 spiro atoms. The van der Waals surface area contributed by atoms with Crippen LogP contribution >= 0.6 is 0 Å². The summed E-state index contributed by atoms with van der Waals surface area (Å²) in [4.78, 5) is 14.9. The minimum absolute atomic E-state index is 0.196. The molecule has 3 aliphatic heterocycles. The fraction of sp³-hybridized carbons (Fsp3) is 0.286. The van der Waals surface area contributed by atoms with Gasteiger partial charge in [0.05, 0.1) is 36.5 Å². The lowest BCUT2D eigenvalue weighted by molar-refractivity contribution is 0.313. The SMILES string of the molecule is COc1cc(O)ccc1-c1ccc2c(c1)CN=C2C1=Nc2c(cccc2N2CCN(C)CC2)C1. The van der Waals surface area contributed by atoms with Gasteiger partial charge in [-0.05, 0) is 48.0 Å². The van der Waals surface area contributed by atoms with Gasteiger partial charge in [-0.15, -0.1) is 0 Å². The summed E-state index contributed by atoms with van der Waals surface area (Å²) < 4.78 is 5.49. The molecular formula is C28H28N4O2. The van der Waals surface area contributed by atoms with Crippen LogP contribution in [0, 0.1) is 0 Å². The van der Waals surface area contributed by atoms with Crippen LogP contribution in [0.4, 0.5) is 11.4 Å². The molecule has 0 unspecified atom stereocenters. The molecule has 0 aliphatic carbocycles. The quantitative estimate of drug-likeness (QED) is 0.635. The van der Waals surface area contributed by atoms with E-state index in [4.69, 9.17) is 14.7 Å². The third-order valence-electron chi connectivity index (χ3n) is 7.08. The number of aromatic hydroxyl groups is 1. The number of benzene rings is 3. The van der Waals surface area contributed by atoms with Crippen LogP contribution in [-0.2, 0) is 13.0 Å². The van der Waals surface area contributed by atoms with Gasteiger partial charge in [-0.3, -0.25) is 4.99 Å². The number of aliphatic imine (C=N–C) groups is 2. The monoisotopic (exact) mass is 452 g/mol. The van der Waals surface area contributed by atoms with Crippen molar-refractivity contribution in [1.82, 2.24) is 4.90 Å². The number of ether oxygens (including phenoxy) is 1. The van der Waals surface area contributed by atoms with E-state index in [1.165, 1.54) is 16.8 Å². The fourth-order valence-electron chi connectivity index (χ4n) is 5.18. The Labute approximate surface area is 199 Å². The molecule has 3 aromatic carbocycles. The third-order valence-corrected chi connectivity index (χ3v) is 7.08. The summed E-state index contributed by atoms with van der Waals surface area (Å²) >= 11 is 0. The van der Waals surface area contributed by atoms with Crippen molar-refractivity contribution in [3.05, 3.63) is 71.3 Å². The van der Waals surface area contributed by atoms with Crippen LogP contribution in [0.5, 0.6) is 11.5 Å². The lowest BCUT2D eigenvalue weighted by Gasteiger charge is -2.34. The predicted octanol–water partition coefficient (Wildman–Crippen LogP) is 4.45. The van der Waals surface area contributed by atoms with E-state index in [1.807, 2.05) is 6.07 Å². The first kappa shape index (κ1) is 20.9. The van der Waals surface area contributed by atoms with Crippen molar-refractivity contribution in [2.45, 2.75) is 13.0 Å². The normalized spacial score (nSPS) is 17.3. The van der Waals surface area contributed by atoms with Crippen molar-refractivity contribution in [2.75, 3.05) is 45.2 Å². The largest absolute Gasteiger partial charge is 0.508 e. The number of phenols is 1. The molecule has 6 heteroatoms. The van der Waals surface area contributed by atoms with Gasteiger partial charge in [0, 0.05) is 49.8 Å². The molecule has 3 heterocycles. The highest BCUT2D eigenvalue weighted by Crippen LogP contribution is 2.39. The number of rotatable bonds is 4. The standard InChI is InChI=1S/C28H28N4O2/c1-31-10-12-32(13-11-31)25-5-3-4-19-15-24(30-27(19)25)28-23-8-6-18(14-20(23)17-29-28)22-9-7-21(33)16-26(22)34-2/h3-9,14,16,33H,10-13,15,17H2,1-2H3. The van der Waals surface area contributed by atoms with Gasteiger partial charge < -0.3 is 19.6 Å². The topological polar surface area (TPSA) is 60.7 Å². The van der Waals surface area contributed by atoms with Crippen LogP contribution < -0.4 is 9.64 Å². The van der Waals surface area contributed by atoms with Crippen LogP contribution in [0.25, 0.3) is 11.1 Å². The number of nitrogens with zero attached hydrogens (tertiary/aromatic N) is 4. The Morgan fingerprint density at radius 1 is 0.912 bits per heavy atom. The second-order valence-corrected chi connectivity index (χ2v) is 9.23. The zero-order chi connectivity index (χ0) is 23.2. The molecule has 0 amide bonds. The molecular weight excluding hydrogens is 424 g/mol. The molecule has 34 heavy (non-hydrogen) atoms. The summed E-state index contributed by atoms with van der Waals surface area (Å²) in [5, 5.41) is 9.80. The Hall–Kier alpha value is -3.64. The number of likely N-dealkylation sites (N-methyl/N-ethyl adjacent to an activating group) is 1. The molecule has 6 nitrogen and oxygen atoms in total. The number of para-hydroxylation sites is 1. The summed E-state index contributed by atoms with van der Waals surface area (Å²) in [6.07, 6.45) is 0.822. The van der Waals surface area contributed by atoms with Gasteiger partial charge in [0.25, 0.3) is 0 Å². The van der Waals surface area contributed by atoms with Crippen LogP contribution in [0.3, 0.4) is 0 Å². The first-order chi connectivity index (χ1) is 16.6. The van der Waals surface area contributed by atoms with E-state index in [1.54, 1.807) is 19.2 Å². The number of hydrogen-bond donors (Lipinski definition) is 1. The molecule has 0 radical (unpaired) electrons. The maximum Gasteiger partial charge on any atom is 0.130 e. The number of piperazine rings is 1. The highest BCUT2D eigenvalue weighted by atomic mass is 16.5. The molecule has 0 saturated carbocycles. The van der Waals surface area contributed by atoms with Gasteiger partial charge in [0.2, 0.25) is 0 Å². The molecule has 1 saturated heterocycles. The van der Waals surface area contributed by atoms with E-state index in [2.05, 4.69) is 53.2 Å². The van der Waals surface area contributed by atoms with Gasteiger partial charge in [0.1, 0.15) is 11.5 Å². The predicted molar refractivity (Wildman–Crippen MR) is 137 cm³/mol. The molecule has 6 rings (SSSR count). The Kier molecular flexibility index (Phi) is 5.11. The van der Waals surface area contributed by atoms with Crippen molar-refractivity contribution < 1.29 is 9.84 Å². The van der Waals surface area contributed by atoms with E-state index in [0.29, 0.717) is 12.3 Å². The highest BCUT2D eigenvalue weighted by Gasteiger charge is 2.28. The minimum Gasteiger partial charge on any atom is -0.508 e. The second kappa shape index (κ2) is 8.29. The van der Waals surface area contributed by atoms with Crippen LogP contribution in [0.2, 0.25) is 0 Å². The molecule has 172 valence electrons. The van der Waals surface area contributed by atoms with Crippen LogP contribution in [-0.4, -0.2) is 61.8 Å². The molecule has 3 aliphatic rings. The maximum atomic E-state index is 9.80. The van der Waals surface area contributed by atoms with Crippen molar-refractivity contribution in [3.8, 4) is 22.6 Å². The highest BCUT2D eigenvalue weighted by molar-refractivity contribution is 6.50. The van der Waals surface area contributed by atoms with Crippen LogP contribution in [0.1, 0.15) is 16.7 Å². The fourth-order valence-corrected chi connectivity index (χ4v) is 5.18. The zero-order valence-electron chi connectivity index (χ0n) is 19.6. The number of phenolic OH excluding ortho intramolecular Hbond substituents is 1. The van der Waals surface area contributed by atoms with E-state index >= 15 is 0 Å². The lowest BCUT2D eigenvalue weighted by Crippen LogP contribution is -2.44. The molecule has 3 aromatic rings. The Balaban J connectivity index is 1.30. The van der Waals surface area contributed by atoms with Crippen molar-refractivity contribution in [1.29, 1.82) is 0 Å². The van der Waals surface area contributed by atoms with E-state index in [9.17, 15) is 5.11 Å². The third kappa shape index (κ3) is 3.55. The number of fused-ring (bicyclic) bond motifs is 2. The van der Waals surface area contributed by atoms with E-state index in [-0.39, 0.29) is 5.75 Å². The summed E-state index contributed by atoms with van der Waals surface area (Å²) in [5.74, 6) is 0.855. The molecule has 1 fully saturated rings. The van der Waals surface area contributed by atoms with Crippen LogP contribution in [0.15, 0.2) is 64.6 Å². The summed E-state index contributed by atoms with van der Waals surface area (Å²) in [7, 11) is 3.81. The summed E-state index contributed by atoms with van der Waals surface area (Å²) in [6, 6.07) is 18.2. The maximum absolute atomic E-state index is 9.80. The van der Waals surface area contributed by atoms with E-state index in [0.717, 1.165) is 66.4 Å². The van der Waals surface area contributed by atoms with Crippen molar-refractivity contribution in [2.24, 2.45) is 9.98 Å². The Morgan fingerprint density at radius 3 is 2.56 bits per heavy atom. The molecule has 0 aromatic heterocycles. The van der Waals surface area contributed by atoms with Gasteiger partial charge in [-0.2, -0.15) is 0 Å². The average Bonchev–Trinajstić information content (AvgIpc) is 3.48. The first-order valence-electron chi connectivity index (χ1n) is 11.8.